The van der Waals surface area contributed by atoms with Crippen LogP contribution in [0, 0.1) is 11.8 Å². The Morgan fingerprint density at radius 2 is 1.95 bits per heavy atom. The van der Waals surface area contributed by atoms with E-state index < -0.39 is 0 Å². The predicted molar refractivity (Wildman–Crippen MR) is 82.4 cm³/mol. The average Bonchev–Trinajstić information content (AvgIpc) is 2.91. The Kier molecular flexibility index (Phi) is 4.01. The quantitative estimate of drug-likeness (QED) is 0.877. The van der Waals surface area contributed by atoms with Gasteiger partial charge in [0.2, 0.25) is 0 Å². The van der Waals surface area contributed by atoms with E-state index in [2.05, 4.69) is 5.32 Å². The number of carbonyl (C=O) groups is 1. The molecule has 1 aromatic rings. The van der Waals surface area contributed by atoms with Crippen molar-refractivity contribution >= 4 is 11.7 Å². The minimum absolute atomic E-state index is 0.0110. The van der Waals surface area contributed by atoms with Gasteiger partial charge in [-0.15, -0.1) is 0 Å². The van der Waals surface area contributed by atoms with Crippen LogP contribution in [0.5, 0.6) is 5.75 Å². The topological polar surface area (TPSA) is 67.6 Å². The lowest BCUT2D eigenvalue weighted by atomic mass is 9.79. The molecule has 3 atom stereocenters. The Morgan fingerprint density at radius 3 is 2.67 bits per heavy atom. The number of hydrogen-bond donors (Lipinski definition) is 2. The van der Waals surface area contributed by atoms with Crippen molar-refractivity contribution in [1.82, 2.24) is 4.90 Å². The molecule has 21 heavy (non-hydrogen) atoms. The highest BCUT2D eigenvalue weighted by atomic mass is 16.5. The Balaban J connectivity index is 1.58. The number of hydrogen-bond acceptors (Lipinski definition) is 3. The first-order valence-corrected chi connectivity index (χ1v) is 7.61. The van der Waals surface area contributed by atoms with Crippen LogP contribution < -0.4 is 15.8 Å². The van der Waals surface area contributed by atoms with Crippen molar-refractivity contribution in [2.75, 3.05) is 25.5 Å². The lowest BCUT2D eigenvalue weighted by Gasteiger charge is -2.27. The fourth-order valence-electron chi connectivity index (χ4n) is 3.51. The summed E-state index contributed by atoms with van der Waals surface area (Å²) in [7, 11) is 1.63. The van der Waals surface area contributed by atoms with Gasteiger partial charge in [0.15, 0.2) is 0 Å². The SMILES string of the molecule is COc1ccc(NC(=O)N2C[C@H]3CCC(N)C[C@H]3C2)cc1. The molecule has 2 aliphatic rings. The van der Waals surface area contributed by atoms with Crippen molar-refractivity contribution in [3.05, 3.63) is 24.3 Å². The van der Waals surface area contributed by atoms with Crippen LogP contribution in [0.1, 0.15) is 19.3 Å². The molecule has 1 unspecified atom stereocenters. The van der Waals surface area contributed by atoms with E-state index in [9.17, 15) is 4.79 Å². The summed E-state index contributed by atoms with van der Waals surface area (Å²) in [5.74, 6) is 2.00. The van der Waals surface area contributed by atoms with Gasteiger partial charge in [-0.05, 0) is 55.4 Å². The summed E-state index contributed by atoms with van der Waals surface area (Å²) in [6, 6.07) is 7.71. The van der Waals surface area contributed by atoms with E-state index in [-0.39, 0.29) is 6.03 Å². The summed E-state index contributed by atoms with van der Waals surface area (Å²) in [5.41, 5.74) is 6.83. The van der Waals surface area contributed by atoms with Crippen LogP contribution in [0.2, 0.25) is 0 Å². The minimum atomic E-state index is -0.0110. The average molecular weight is 289 g/mol. The first-order valence-electron chi connectivity index (χ1n) is 7.61. The number of nitrogens with zero attached hydrogens (tertiary/aromatic N) is 1. The number of rotatable bonds is 2. The molecule has 0 aromatic heterocycles. The summed E-state index contributed by atoms with van der Waals surface area (Å²) in [6.07, 6.45) is 3.30. The Hall–Kier alpha value is -1.75. The van der Waals surface area contributed by atoms with Gasteiger partial charge in [-0.1, -0.05) is 0 Å². The number of anilines is 1. The molecule has 3 rings (SSSR count). The van der Waals surface area contributed by atoms with Crippen molar-refractivity contribution in [1.29, 1.82) is 0 Å². The fraction of sp³-hybridized carbons (Fsp3) is 0.562. The van der Waals surface area contributed by atoms with Crippen molar-refractivity contribution < 1.29 is 9.53 Å². The van der Waals surface area contributed by atoms with Gasteiger partial charge in [-0.3, -0.25) is 0 Å². The van der Waals surface area contributed by atoms with Gasteiger partial charge in [0.25, 0.3) is 0 Å². The second-order valence-electron chi connectivity index (χ2n) is 6.16. The number of amides is 2. The summed E-state index contributed by atoms with van der Waals surface area (Å²) in [4.78, 5) is 14.3. The maximum absolute atomic E-state index is 12.3. The molecule has 1 saturated heterocycles. The van der Waals surface area contributed by atoms with Gasteiger partial charge in [-0.25, -0.2) is 4.79 Å². The molecule has 3 N–H and O–H groups in total. The van der Waals surface area contributed by atoms with E-state index in [1.807, 2.05) is 29.2 Å². The smallest absolute Gasteiger partial charge is 0.321 e. The second-order valence-corrected chi connectivity index (χ2v) is 6.16. The van der Waals surface area contributed by atoms with E-state index in [0.29, 0.717) is 17.9 Å². The first kappa shape index (κ1) is 14.2. The van der Waals surface area contributed by atoms with E-state index >= 15 is 0 Å². The molecule has 5 nitrogen and oxygen atoms in total. The summed E-state index contributed by atoms with van der Waals surface area (Å²) in [5, 5.41) is 2.96. The molecule has 2 fully saturated rings. The van der Waals surface area contributed by atoms with Gasteiger partial charge in [0, 0.05) is 24.8 Å². The third-order valence-corrected chi connectivity index (χ3v) is 4.72. The number of urea groups is 1. The molecule has 1 saturated carbocycles. The van der Waals surface area contributed by atoms with Gasteiger partial charge < -0.3 is 20.7 Å². The second kappa shape index (κ2) is 5.93. The molecule has 1 heterocycles. The molecule has 0 spiro atoms. The maximum Gasteiger partial charge on any atom is 0.321 e. The molecule has 1 aliphatic heterocycles. The highest BCUT2D eigenvalue weighted by molar-refractivity contribution is 5.89. The normalized spacial score (nSPS) is 28.1. The van der Waals surface area contributed by atoms with Crippen LogP contribution >= 0.6 is 0 Å². The van der Waals surface area contributed by atoms with Crippen molar-refractivity contribution in [2.24, 2.45) is 17.6 Å². The third-order valence-electron chi connectivity index (χ3n) is 4.72. The van der Waals surface area contributed by atoms with E-state index in [0.717, 1.165) is 43.8 Å². The Morgan fingerprint density at radius 1 is 1.24 bits per heavy atom. The zero-order valence-electron chi connectivity index (χ0n) is 12.4. The number of nitrogens with two attached hydrogens (primary N) is 1. The number of benzene rings is 1. The lowest BCUT2D eigenvalue weighted by Crippen LogP contribution is -2.33. The van der Waals surface area contributed by atoms with Crippen LogP contribution in [0.3, 0.4) is 0 Å². The molecular formula is C16H23N3O2. The van der Waals surface area contributed by atoms with Gasteiger partial charge in [0.05, 0.1) is 7.11 Å². The molecule has 5 heteroatoms. The van der Waals surface area contributed by atoms with E-state index in [4.69, 9.17) is 10.5 Å². The summed E-state index contributed by atoms with van der Waals surface area (Å²) >= 11 is 0. The van der Waals surface area contributed by atoms with E-state index in [1.165, 1.54) is 0 Å². The molecule has 1 aliphatic carbocycles. The van der Waals surface area contributed by atoms with Gasteiger partial charge >= 0.3 is 6.03 Å². The van der Waals surface area contributed by atoms with E-state index in [1.54, 1.807) is 7.11 Å². The lowest BCUT2D eigenvalue weighted by molar-refractivity contribution is 0.220. The molecule has 2 amide bonds. The Bertz CT molecular complexity index is 503. The van der Waals surface area contributed by atoms with Gasteiger partial charge in [0.1, 0.15) is 5.75 Å². The number of methoxy groups -OCH3 is 1. The zero-order chi connectivity index (χ0) is 14.8. The predicted octanol–water partition coefficient (Wildman–Crippen LogP) is 2.29. The molecule has 114 valence electrons. The van der Waals surface area contributed by atoms with Crippen molar-refractivity contribution in [3.8, 4) is 5.75 Å². The van der Waals surface area contributed by atoms with Gasteiger partial charge in [-0.2, -0.15) is 0 Å². The largest absolute Gasteiger partial charge is 0.497 e. The summed E-state index contributed by atoms with van der Waals surface area (Å²) < 4.78 is 5.11. The van der Waals surface area contributed by atoms with Crippen LogP contribution in [0.25, 0.3) is 0 Å². The van der Waals surface area contributed by atoms with Crippen LogP contribution in [-0.4, -0.2) is 37.2 Å². The number of nitrogens with one attached hydrogen (secondary N) is 1. The standard InChI is InChI=1S/C16H23N3O2/c1-21-15-6-4-14(5-7-15)18-16(20)19-9-11-2-3-13(17)8-12(11)10-19/h4-7,11-13H,2-3,8-10,17H2,1H3,(H,18,20)/t11-,12+,13?/m1/s1. The Labute approximate surface area is 125 Å². The highest BCUT2D eigenvalue weighted by Crippen LogP contribution is 2.35. The highest BCUT2D eigenvalue weighted by Gasteiger charge is 2.38. The van der Waals surface area contributed by atoms with Crippen molar-refractivity contribution in [2.45, 2.75) is 25.3 Å². The number of fused-ring (bicyclic) bond motifs is 1. The molecule has 1 aromatic carbocycles. The van der Waals surface area contributed by atoms with Crippen LogP contribution in [0.15, 0.2) is 24.3 Å². The number of ether oxygens (including phenoxy) is 1. The maximum atomic E-state index is 12.3. The minimum Gasteiger partial charge on any atom is -0.497 e. The first-order chi connectivity index (χ1) is 10.2. The third kappa shape index (κ3) is 3.13. The van der Waals surface area contributed by atoms with Crippen LogP contribution in [-0.2, 0) is 0 Å². The zero-order valence-corrected chi connectivity index (χ0v) is 12.4. The number of carbonyl (C=O) groups excluding carboxylic acids is 1. The van der Waals surface area contributed by atoms with Crippen LogP contribution in [0.4, 0.5) is 10.5 Å². The monoisotopic (exact) mass is 289 g/mol. The number of likely N-dealkylation sites (tertiary alicyclic amines) is 1. The van der Waals surface area contributed by atoms with Crippen molar-refractivity contribution in [3.63, 3.8) is 0 Å². The molecule has 0 radical (unpaired) electrons. The molecule has 0 bridgehead atoms. The molecular weight excluding hydrogens is 266 g/mol. The summed E-state index contributed by atoms with van der Waals surface area (Å²) in [6.45, 7) is 1.69. The fourth-order valence-corrected chi connectivity index (χ4v) is 3.51.